The first-order valence-electron chi connectivity index (χ1n) is 6.73. The maximum Gasteiger partial charge on any atom is 0.264 e. The number of carbonyl (C=O) groups is 1. The number of sulfonamides is 1. The summed E-state index contributed by atoms with van der Waals surface area (Å²) < 4.78 is 43.1. The Hall–Kier alpha value is -2.48. The molecular weight excluding hydrogens is 323 g/mol. The van der Waals surface area contributed by atoms with Crippen LogP contribution in [0, 0.1) is 5.82 Å². The number of rotatable bonds is 5. The molecule has 1 N–H and O–H groups in total. The molecular formula is C15H15FN2O4S. The van der Waals surface area contributed by atoms with Gasteiger partial charge in [0.1, 0.15) is 5.75 Å². The van der Waals surface area contributed by atoms with Crippen molar-refractivity contribution in [3.8, 4) is 11.5 Å². The van der Waals surface area contributed by atoms with Crippen LogP contribution in [0.15, 0.2) is 36.5 Å². The van der Waals surface area contributed by atoms with Gasteiger partial charge in [-0.15, -0.1) is 0 Å². The van der Waals surface area contributed by atoms with Crippen LogP contribution in [-0.4, -0.2) is 25.6 Å². The number of halogens is 1. The first-order chi connectivity index (χ1) is 10.8. The number of nitrogens with one attached hydrogen (secondary N) is 1. The molecule has 0 bridgehead atoms. The second kappa shape index (κ2) is 6.74. The molecule has 0 saturated heterocycles. The zero-order chi connectivity index (χ0) is 17.0. The lowest BCUT2D eigenvalue weighted by molar-refractivity contribution is 0.0981. The van der Waals surface area contributed by atoms with E-state index in [9.17, 15) is 17.6 Å². The van der Waals surface area contributed by atoms with Crippen LogP contribution in [0.5, 0.6) is 11.5 Å². The largest absolute Gasteiger partial charge is 0.453 e. The van der Waals surface area contributed by atoms with Gasteiger partial charge < -0.3 is 4.74 Å². The van der Waals surface area contributed by atoms with Gasteiger partial charge >= 0.3 is 0 Å². The summed E-state index contributed by atoms with van der Waals surface area (Å²) in [7, 11) is -3.71. The number of hydrogen-bond acceptors (Lipinski definition) is 5. The predicted octanol–water partition coefficient (Wildman–Crippen LogP) is 2.26. The highest BCUT2D eigenvalue weighted by atomic mass is 32.2. The smallest absolute Gasteiger partial charge is 0.264 e. The molecule has 0 aliphatic heterocycles. The van der Waals surface area contributed by atoms with E-state index in [4.69, 9.17) is 4.74 Å². The molecule has 0 fully saturated rings. The van der Waals surface area contributed by atoms with Crippen LogP contribution in [0.2, 0.25) is 0 Å². The summed E-state index contributed by atoms with van der Waals surface area (Å²) in [5.74, 6) is -1.43. The van der Waals surface area contributed by atoms with Crippen molar-refractivity contribution >= 4 is 15.9 Å². The SMILES string of the molecule is CCc1ccc(Oc2ccc(C(=O)NS(C)(=O)=O)cc2F)cn1. The third kappa shape index (κ3) is 4.75. The van der Waals surface area contributed by atoms with Gasteiger partial charge in [0, 0.05) is 11.3 Å². The van der Waals surface area contributed by atoms with Crippen LogP contribution >= 0.6 is 0 Å². The van der Waals surface area contributed by atoms with Gasteiger partial charge in [-0.25, -0.2) is 17.5 Å². The number of nitrogens with zero attached hydrogens (tertiary/aromatic N) is 1. The molecule has 0 saturated carbocycles. The first kappa shape index (κ1) is 16.9. The molecule has 2 rings (SSSR count). The number of aromatic nitrogens is 1. The van der Waals surface area contributed by atoms with Gasteiger partial charge in [-0.05, 0) is 36.8 Å². The number of pyridine rings is 1. The van der Waals surface area contributed by atoms with E-state index in [1.807, 2.05) is 6.92 Å². The van der Waals surface area contributed by atoms with Crippen LogP contribution in [0.4, 0.5) is 4.39 Å². The number of hydrogen-bond donors (Lipinski definition) is 1. The Kier molecular flexibility index (Phi) is 4.95. The molecule has 0 unspecified atom stereocenters. The Morgan fingerprint density at radius 3 is 2.57 bits per heavy atom. The van der Waals surface area contributed by atoms with E-state index in [1.54, 1.807) is 16.9 Å². The van der Waals surface area contributed by atoms with Crippen LogP contribution in [0.1, 0.15) is 23.0 Å². The van der Waals surface area contributed by atoms with Crippen molar-refractivity contribution in [1.82, 2.24) is 9.71 Å². The molecule has 122 valence electrons. The first-order valence-corrected chi connectivity index (χ1v) is 8.62. The second-order valence-corrected chi connectivity index (χ2v) is 6.54. The van der Waals surface area contributed by atoms with Gasteiger partial charge in [-0.2, -0.15) is 0 Å². The zero-order valence-electron chi connectivity index (χ0n) is 12.5. The third-order valence-corrected chi connectivity index (χ3v) is 3.42. The molecule has 0 radical (unpaired) electrons. The number of amides is 1. The quantitative estimate of drug-likeness (QED) is 0.904. The average molecular weight is 338 g/mol. The summed E-state index contributed by atoms with van der Waals surface area (Å²) in [4.78, 5) is 15.8. The number of aryl methyl sites for hydroxylation is 1. The molecule has 1 heterocycles. The number of carbonyl (C=O) groups excluding carboxylic acids is 1. The van der Waals surface area contributed by atoms with Crippen molar-refractivity contribution in [2.75, 3.05) is 6.26 Å². The Morgan fingerprint density at radius 1 is 1.30 bits per heavy atom. The summed E-state index contributed by atoms with van der Waals surface area (Å²) in [6, 6.07) is 6.85. The molecule has 23 heavy (non-hydrogen) atoms. The molecule has 0 atom stereocenters. The van der Waals surface area contributed by atoms with Crippen molar-refractivity contribution < 1.29 is 22.3 Å². The second-order valence-electron chi connectivity index (χ2n) is 4.79. The topological polar surface area (TPSA) is 85.4 Å². The van der Waals surface area contributed by atoms with Crippen molar-refractivity contribution in [2.24, 2.45) is 0 Å². The maximum atomic E-state index is 14.0. The van der Waals surface area contributed by atoms with E-state index in [1.165, 1.54) is 18.3 Å². The Morgan fingerprint density at radius 2 is 2.04 bits per heavy atom. The van der Waals surface area contributed by atoms with Gasteiger partial charge in [0.2, 0.25) is 10.0 Å². The van der Waals surface area contributed by atoms with E-state index in [0.29, 0.717) is 5.75 Å². The summed E-state index contributed by atoms with van der Waals surface area (Å²) in [5.41, 5.74) is 0.755. The van der Waals surface area contributed by atoms with Crippen molar-refractivity contribution in [3.05, 3.63) is 53.6 Å². The molecule has 0 aliphatic carbocycles. The molecule has 1 aromatic heterocycles. The fourth-order valence-electron chi connectivity index (χ4n) is 1.76. The Bertz CT molecular complexity index is 820. The van der Waals surface area contributed by atoms with Gasteiger partial charge in [-0.1, -0.05) is 6.92 Å². The standard InChI is InChI=1S/C15H15FN2O4S/c1-3-11-5-6-12(9-17-11)22-14-7-4-10(8-13(14)16)15(19)18-23(2,20)21/h4-9H,3H2,1-2H3,(H,18,19). The Labute approximate surface area is 133 Å². The highest BCUT2D eigenvalue weighted by Gasteiger charge is 2.14. The maximum absolute atomic E-state index is 14.0. The molecule has 1 aromatic carbocycles. The third-order valence-electron chi connectivity index (χ3n) is 2.86. The fraction of sp³-hybridized carbons (Fsp3) is 0.200. The average Bonchev–Trinajstić information content (AvgIpc) is 2.48. The molecule has 2 aromatic rings. The lowest BCUT2D eigenvalue weighted by atomic mass is 10.2. The lowest BCUT2D eigenvalue weighted by Crippen LogP contribution is -2.29. The summed E-state index contributed by atoms with van der Waals surface area (Å²) in [6.07, 6.45) is 3.09. The van der Waals surface area contributed by atoms with Gasteiger partial charge in [0.25, 0.3) is 5.91 Å². The van der Waals surface area contributed by atoms with Crippen molar-refractivity contribution in [3.63, 3.8) is 0 Å². The van der Waals surface area contributed by atoms with E-state index in [2.05, 4.69) is 4.98 Å². The molecule has 0 spiro atoms. The van der Waals surface area contributed by atoms with Gasteiger partial charge in [0.05, 0.1) is 12.5 Å². The minimum absolute atomic E-state index is 0.0908. The van der Waals surface area contributed by atoms with Crippen LogP contribution in [0.25, 0.3) is 0 Å². The predicted molar refractivity (Wildman–Crippen MR) is 82.4 cm³/mol. The molecule has 8 heteroatoms. The van der Waals surface area contributed by atoms with Crippen molar-refractivity contribution in [2.45, 2.75) is 13.3 Å². The number of benzene rings is 1. The Balaban J connectivity index is 2.17. The van der Waals surface area contributed by atoms with E-state index < -0.39 is 21.7 Å². The van der Waals surface area contributed by atoms with Crippen molar-refractivity contribution in [1.29, 1.82) is 0 Å². The summed E-state index contributed by atoms with van der Waals surface area (Å²) >= 11 is 0. The van der Waals surface area contributed by atoms with E-state index >= 15 is 0 Å². The molecule has 6 nitrogen and oxygen atoms in total. The van der Waals surface area contributed by atoms with Crippen LogP contribution < -0.4 is 9.46 Å². The monoisotopic (exact) mass is 338 g/mol. The van der Waals surface area contributed by atoms with Gasteiger partial charge in [-0.3, -0.25) is 9.78 Å². The normalized spacial score (nSPS) is 11.1. The van der Waals surface area contributed by atoms with Gasteiger partial charge in [0.15, 0.2) is 11.6 Å². The summed E-state index contributed by atoms with van der Waals surface area (Å²) in [6.45, 7) is 1.96. The lowest BCUT2D eigenvalue weighted by Gasteiger charge is -2.08. The zero-order valence-corrected chi connectivity index (χ0v) is 13.4. The molecule has 1 amide bonds. The summed E-state index contributed by atoms with van der Waals surface area (Å²) in [5, 5.41) is 0. The van der Waals surface area contributed by atoms with Crippen LogP contribution in [-0.2, 0) is 16.4 Å². The highest BCUT2D eigenvalue weighted by Crippen LogP contribution is 2.25. The van der Waals surface area contributed by atoms with E-state index in [-0.39, 0.29) is 11.3 Å². The van der Waals surface area contributed by atoms with E-state index in [0.717, 1.165) is 24.4 Å². The number of ether oxygens (including phenoxy) is 1. The molecule has 0 aliphatic rings. The fourth-order valence-corrected chi connectivity index (χ4v) is 2.21. The highest BCUT2D eigenvalue weighted by molar-refractivity contribution is 7.89. The van der Waals surface area contributed by atoms with Crippen LogP contribution in [0.3, 0.4) is 0 Å². The minimum atomic E-state index is -3.71. The minimum Gasteiger partial charge on any atom is -0.453 e.